The molecule has 4 rings (SSSR count). The van der Waals surface area contributed by atoms with Crippen molar-refractivity contribution in [2.75, 3.05) is 11.1 Å². The molecular formula is C15H14N8S. The van der Waals surface area contributed by atoms with Crippen molar-refractivity contribution < 1.29 is 0 Å². The summed E-state index contributed by atoms with van der Waals surface area (Å²) in [5.74, 6) is 1.76. The van der Waals surface area contributed by atoms with Gasteiger partial charge in [0.05, 0.1) is 16.7 Å². The van der Waals surface area contributed by atoms with Crippen LogP contribution in [0.5, 0.6) is 0 Å². The molecule has 0 amide bonds. The molecule has 0 aliphatic heterocycles. The molecule has 0 atom stereocenters. The lowest BCUT2D eigenvalue weighted by Gasteiger charge is -2.08. The van der Waals surface area contributed by atoms with Crippen molar-refractivity contribution in [3.8, 4) is 5.95 Å². The number of benzene rings is 1. The van der Waals surface area contributed by atoms with Gasteiger partial charge in [-0.3, -0.25) is 0 Å². The summed E-state index contributed by atoms with van der Waals surface area (Å²) < 4.78 is 6.11. The smallest absolute Gasteiger partial charge is 0.242 e. The fourth-order valence-electron chi connectivity index (χ4n) is 2.43. The van der Waals surface area contributed by atoms with E-state index < -0.39 is 0 Å². The van der Waals surface area contributed by atoms with Gasteiger partial charge in [0.1, 0.15) is 10.8 Å². The molecule has 24 heavy (non-hydrogen) atoms. The highest BCUT2D eigenvalue weighted by Crippen LogP contribution is 2.27. The number of hydrogen-bond donors (Lipinski definition) is 2. The van der Waals surface area contributed by atoms with E-state index in [0.29, 0.717) is 17.7 Å². The molecule has 3 heterocycles. The molecule has 4 aromatic rings. The van der Waals surface area contributed by atoms with E-state index in [-0.39, 0.29) is 5.95 Å². The largest absolute Gasteiger partial charge is 0.368 e. The summed E-state index contributed by atoms with van der Waals surface area (Å²) in [4.78, 5) is 17.3. The molecule has 0 bridgehead atoms. The van der Waals surface area contributed by atoms with E-state index in [1.165, 1.54) is 11.5 Å². The van der Waals surface area contributed by atoms with Crippen LogP contribution in [0.2, 0.25) is 0 Å². The number of hydrogen-bond acceptors (Lipinski definition) is 8. The number of fused-ring (bicyclic) bond motifs is 1. The number of aromatic nitrogens is 6. The third kappa shape index (κ3) is 2.54. The zero-order valence-electron chi connectivity index (χ0n) is 13.1. The van der Waals surface area contributed by atoms with Crippen LogP contribution in [0.4, 0.5) is 16.9 Å². The molecule has 0 aliphatic rings. The number of nitrogens with two attached hydrogens (primary N) is 1. The minimum Gasteiger partial charge on any atom is -0.368 e. The third-order valence-corrected chi connectivity index (χ3v) is 4.17. The second-order valence-electron chi connectivity index (χ2n) is 5.26. The van der Waals surface area contributed by atoms with E-state index in [1.54, 1.807) is 6.92 Å². The third-order valence-electron chi connectivity index (χ3n) is 3.38. The van der Waals surface area contributed by atoms with Crippen molar-refractivity contribution in [1.82, 2.24) is 28.9 Å². The Morgan fingerprint density at radius 2 is 1.92 bits per heavy atom. The van der Waals surface area contributed by atoms with Crippen molar-refractivity contribution in [2.45, 2.75) is 13.8 Å². The van der Waals surface area contributed by atoms with Gasteiger partial charge in [-0.15, -0.1) is 0 Å². The predicted octanol–water partition coefficient (Wildman–Crippen LogP) is 2.61. The molecule has 0 unspecified atom stereocenters. The van der Waals surface area contributed by atoms with Gasteiger partial charge in [-0.05, 0) is 43.6 Å². The SMILES string of the molecule is Cc1cc(Nc2nc3ccccc3n2-c2nc(C)nc(N)n2)sn1. The van der Waals surface area contributed by atoms with E-state index in [9.17, 15) is 0 Å². The number of nitrogens with one attached hydrogen (secondary N) is 1. The highest BCUT2D eigenvalue weighted by Gasteiger charge is 2.16. The molecule has 0 spiro atoms. The molecular weight excluding hydrogens is 324 g/mol. The Hall–Kier alpha value is -3.07. The van der Waals surface area contributed by atoms with Gasteiger partial charge in [0.25, 0.3) is 0 Å². The number of rotatable bonds is 3. The minimum absolute atomic E-state index is 0.176. The van der Waals surface area contributed by atoms with Gasteiger partial charge in [0.15, 0.2) is 0 Å². The first-order valence-electron chi connectivity index (χ1n) is 7.26. The van der Waals surface area contributed by atoms with Gasteiger partial charge >= 0.3 is 0 Å². The molecule has 1 aromatic carbocycles. The van der Waals surface area contributed by atoms with Crippen molar-refractivity contribution >= 4 is 39.5 Å². The van der Waals surface area contributed by atoms with Crippen LogP contribution < -0.4 is 11.1 Å². The van der Waals surface area contributed by atoms with E-state index >= 15 is 0 Å². The molecule has 9 heteroatoms. The van der Waals surface area contributed by atoms with Gasteiger partial charge in [-0.25, -0.2) is 9.55 Å². The first-order valence-corrected chi connectivity index (χ1v) is 8.04. The normalized spacial score (nSPS) is 11.1. The second kappa shape index (κ2) is 5.53. The Kier molecular flexibility index (Phi) is 3.35. The minimum atomic E-state index is 0.176. The number of nitrogen functional groups attached to an aromatic ring is 1. The number of nitrogens with zero attached hydrogens (tertiary/aromatic N) is 6. The van der Waals surface area contributed by atoms with Crippen LogP contribution in [-0.2, 0) is 0 Å². The van der Waals surface area contributed by atoms with Crippen LogP contribution in [0.3, 0.4) is 0 Å². The highest BCUT2D eigenvalue weighted by molar-refractivity contribution is 7.10. The average Bonchev–Trinajstić information content (AvgIpc) is 3.09. The van der Waals surface area contributed by atoms with Crippen LogP contribution in [0.15, 0.2) is 30.3 Å². The van der Waals surface area contributed by atoms with Crippen LogP contribution in [-0.4, -0.2) is 28.9 Å². The highest BCUT2D eigenvalue weighted by atomic mass is 32.1. The maximum Gasteiger partial charge on any atom is 0.242 e. The standard InChI is InChI=1S/C15H14N8S/c1-8-7-12(24-22-8)20-15-19-10-5-3-4-6-11(10)23(15)14-18-9(2)17-13(16)21-14/h3-7H,1-2H3,(H,19,20)(H2,16,17,18,21). The molecule has 120 valence electrons. The monoisotopic (exact) mass is 338 g/mol. The molecule has 0 aliphatic carbocycles. The number of anilines is 3. The van der Waals surface area contributed by atoms with Crippen LogP contribution in [0, 0.1) is 13.8 Å². The fraction of sp³-hybridized carbons (Fsp3) is 0.133. The van der Waals surface area contributed by atoms with Gasteiger partial charge in [-0.1, -0.05) is 12.1 Å². The van der Waals surface area contributed by atoms with E-state index in [1.807, 2.05) is 41.8 Å². The Bertz CT molecular complexity index is 1010. The van der Waals surface area contributed by atoms with E-state index in [2.05, 4.69) is 29.6 Å². The summed E-state index contributed by atoms with van der Waals surface area (Å²) >= 11 is 1.37. The first-order chi connectivity index (χ1) is 11.6. The molecule has 0 saturated carbocycles. The number of para-hydroxylation sites is 2. The summed E-state index contributed by atoms with van der Waals surface area (Å²) in [7, 11) is 0. The van der Waals surface area contributed by atoms with Gasteiger partial charge < -0.3 is 11.1 Å². The summed E-state index contributed by atoms with van der Waals surface area (Å²) in [6.07, 6.45) is 0. The second-order valence-corrected chi connectivity index (χ2v) is 6.06. The predicted molar refractivity (Wildman–Crippen MR) is 93.7 cm³/mol. The van der Waals surface area contributed by atoms with Gasteiger partial charge in [0, 0.05) is 0 Å². The Morgan fingerprint density at radius 1 is 1.08 bits per heavy atom. The lowest BCUT2D eigenvalue weighted by atomic mass is 10.3. The fourth-order valence-corrected chi connectivity index (χ4v) is 3.09. The summed E-state index contributed by atoms with van der Waals surface area (Å²) in [5, 5.41) is 4.18. The first kappa shape index (κ1) is 14.5. The van der Waals surface area contributed by atoms with Crippen molar-refractivity contribution in [2.24, 2.45) is 0 Å². The summed E-state index contributed by atoms with van der Waals surface area (Å²) in [6, 6.07) is 9.74. The topological polar surface area (TPSA) is 107 Å². The summed E-state index contributed by atoms with van der Waals surface area (Å²) in [6.45, 7) is 3.72. The van der Waals surface area contributed by atoms with Gasteiger partial charge in [0.2, 0.25) is 17.8 Å². The molecule has 3 N–H and O–H groups in total. The van der Waals surface area contributed by atoms with E-state index in [4.69, 9.17) is 5.73 Å². The van der Waals surface area contributed by atoms with Gasteiger partial charge in [-0.2, -0.15) is 19.3 Å². The van der Waals surface area contributed by atoms with Crippen LogP contribution in [0.1, 0.15) is 11.5 Å². The molecule has 0 radical (unpaired) electrons. The molecule has 0 saturated heterocycles. The Labute approximate surface area is 141 Å². The quantitative estimate of drug-likeness (QED) is 0.591. The average molecular weight is 338 g/mol. The maximum absolute atomic E-state index is 5.79. The maximum atomic E-state index is 5.79. The van der Waals surface area contributed by atoms with Crippen LogP contribution in [0.25, 0.3) is 17.0 Å². The Morgan fingerprint density at radius 3 is 2.67 bits per heavy atom. The number of aryl methyl sites for hydroxylation is 2. The lowest BCUT2D eigenvalue weighted by Crippen LogP contribution is -2.09. The zero-order valence-corrected chi connectivity index (χ0v) is 13.9. The molecule has 3 aromatic heterocycles. The van der Waals surface area contributed by atoms with Crippen molar-refractivity contribution in [3.63, 3.8) is 0 Å². The number of imidazole rings is 1. The molecule has 8 nitrogen and oxygen atoms in total. The molecule has 0 fully saturated rings. The summed E-state index contributed by atoms with van der Waals surface area (Å²) in [5.41, 5.74) is 8.45. The van der Waals surface area contributed by atoms with Crippen molar-refractivity contribution in [3.05, 3.63) is 41.9 Å². The van der Waals surface area contributed by atoms with Crippen LogP contribution >= 0.6 is 11.5 Å². The lowest BCUT2D eigenvalue weighted by molar-refractivity contribution is 0.894. The van der Waals surface area contributed by atoms with Crippen molar-refractivity contribution in [1.29, 1.82) is 0 Å². The van der Waals surface area contributed by atoms with E-state index in [0.717, 1.165) is 21.7 Å². The Balaban J connectivity index is 1.92. The zero-order chi connectivity index (χ0) is 16.7.